The van der Waals surface area contributed by atoms with Crippen molar-refractivity contribution in [1.82, 2.24) is 25.0 Å². The molecular formula is C14H17N5O2S. The molecule has 2 aromatic heterocycles. The smallest absolute Gasteiger partial charge is 0.271 e. The highest BCUT2D eigenvalue weighted by molar-refractivity contribution is 7.09. The van der Waals surface area contributed by atoms with E-state index >= 15 is 0 Å². The number of nitrogens with zero attached hydrogens (tertiary/aromatic N) is 4. The van der Waals surface area contributed by atoms with Crippen molar-refractivity contribution in [3.63, 3.8) is 0 Å². The van der Waals surface area contributed by atoms with Crippen LogP contribution in [0.15, 0.2) is 11.6 Å². The first-order valence-corrected chi connectivity index (χ1v) is 7.94. The molecule has 3 rings (SSSR count). The molecule has 0 aromatic carbocycles. The first kappa shape index (κ1) is 14.7. The minimum Gasteiger partial charge on any atom is -0.350 e. The second-order valence-corrected chi connectivity index (χ2v) is 6.17. The highest BCUT2D eigenvalue weighted by Crippen LogP contribution is 2.13. The number of thiazole rings is 1. The molecule has 1 N–H and O–H groups in total. The number of aromatic nitrogens is 3. The van der Waals surface area contributed by atoms with Crippen LogP contribution in [0.1, 0.15) is 31.5 Å². The maximum Gasteiger partial charge on any atom is 0.271 e. The largest absolute Gasteiger partial charge is 0.350 e. The van der Waals surface area contributed by atoms with Crippen molar-refractivity contribution in [3.05, 3.63) is 33.5 Å². The van der Waals surface area contributed by atoms with Gasteiger partial charge in [0.1, 0.15) is 5.69 Å². The molecule has 2 amide bonds. The van der Waals surface area contributed by atoms with Gasteiger partial charge >= 0.3 is 0 Å². The van der Waals surface area contributed by atoms with E-state index in [0.717, 1.165) is 12.1 Å². The molecule has 0 fully saturated rings. The number of amides is 2. The predicted molar refractivity (Wildman–Crippen MR) is 82.1 cm³/mol. The number of carbonyl (C=O) groups is 2. The van der Waals surface area contributed by atoms with Crippen LogP contribution in [0, 0.1) is 6.92 Å². The Morgan fingerprint density at radius 1 is 1.45 bits per heavy atom. The number of likely N-dealkylation sites (N-methyl/N-ethyl adjacent to an activating group) is 1. The lowest BCUT2D eigenvalue weighted by molar-refractivity contribution is 0.0742. The van der Waals surface area contributed by atoms with E-state index in [9.17, 15) is 9.59 Å². The van der Waals surface area contributed by atoms with Crippen LogP contribution in [-0.2, 0) is 13.0 Å². The average molecular weight is 319 g/mol. The molecule has 0 spiro atoms. The minimum atomic E-state index is -0.250. The van der Waals surface area contributed by atoms with Crippen molar-refractivity contribution in [3.8, 4) is 0 Å². The van der Waals surface area contributed by atoms with Crippen molar-refractivity contribution >= 4 is 23.2 Å². The van der Waals surface area contributed by atoms with E-state index in [1.54, 1.807) is 39.5 Å². The highest BCUT2D eigenvalue weighted by Gasteiger charge is 2.25. The molecular weight excluding hydrogens is 302 g/mol. The van der Waals surface area contributed by atoms with Crippen molar-refractivity contribution in [1.29, 1.82) is 0 Å². The number of nitrogens with one attached hydrogen (secondary N) is 1. The normalized spacial score (nSPS) is 14.1. The van der Waals surface area contributed by atoms with Crippen LogP contribution in [0.4, 0.5) is 0 Å². The standard InChI is InChI=1S/C14H17N5O2S/c1-9-12(22-8-16-9)3-4-15-13(20)10-7-11-14(21)18(2)5-6-19(11)17-10/h7-8H,3-6H2,1-2H3,(H,15,20). The van der Waals surface area contributed by atoms with Crippen LogP contribution in [0.3, 0.4) is 0 Å². The van der Waals surface area contributed by atoms with Gasteiger partial charge in [0.2, 0.25) is 0 Å². The van der Waals surface area contributed by atoms with Gasteiger partial charge in [-0.2, -0.15) is 5.10 Å². The van der Waals surface area contributed by atoms with E-state index in [4.69, 9.17) is 0 Å². The number of fused-ring (bicyclic) bond motifs is 1. The summed E-state index contributed by atoms with van der Waals surface area (Å²) in [7, 11) is 1.75. The van der Waals surface area contributed by atoms with E-state index in [1.165, 1.54) is 4.88 Å². The Kier molecular flexibility index (Phi) is 3.93. The quantitative estimate of drug-likeness (QED) is 0.900. The van der Waals surface area contributed by atoms with Crippen molar-refractivity contribution in [2.45, 2.75) is 19.9 Å². The Labute approximate surface area is 132 Å². The molecule has 1 aliphatic rings. The van der Waals surface area contributed by atoms with Gasteiger partial charge in [0.25, 0.3) is 11.8 Å². The number of aryl methyl sites for hydroxylation is 1. The zero-order valence-electron chi connectivity index (χ0n) is 12.5. The lowest BCUT2D eigenvalue weighted by atomic mass is 10.2. The van der Waals surface area contributed by atoms with Gasteiger partial charge in [0.05, 0.1) is 17.7 Å². The number of hydrogen-bond acceptors (Lipinski definition) is 5. The van der Waals surface area contributed by atoms with Crippen molar-refractivity contribution in [2.75, 3.05) is 20.1 Å². The van der Waals surface area contributed by atoms with Crippen LogP contribution >= 0.6 is 11.3 Å². The lowest BCUT2D eigenvalue weighted by Gasteiger charge is -2.22. The molecule has 0 unspecified atom stereocenters. The molecule has 0 aliphatic carbocycles. The van der Waals surface area contributed by atoms with Gasteiger partial charge in [0, 0.05) is 37.5 Å². The zero-order chi connectivity index (χ0) is 15.7. The molecule has 1 aliphatic heterocycles. The van der Waals surface area contributed by atoms with Gasteiger partial charge in [-0.15, -0.1) is 11.3 Å². The number of carbonyl (C=O) groups excluding carboxylic acids is 2. The molecule has 116 valence electrons. The van der Waals surface area contributed by atoms with Gasteiger partial charge in [-0.1, -0.05) is 0 Å². The monoisotopic (exact) mass is 319 g/mol. The zero-order valence-corrected chi connectivity index (χ0v) is 13.3. The Hall–Kier alpha value is -2.22. The maximum absolute atomic E-state index is 12.1. The SMILES string of the molecule is Cc1ncsc1CCNC(=O)c1cc2n(n1)CCN(C)C2=O. The molecule has 22 heavy (non-hydrogen) atoms. The summed E-state index contributed by atoms with van der Waals surface area (Å²) in [6.45, 7) is 3.71. The third-order valence-electron chi connectivity index (χ3n) is 3.71. The van der Waals surface area contributed by atoms with Crippen LogP contribution in [0.25, 0.3) is 0 Å². The fourth-order valence-corrected chi connectivity index (χ4v) is 3.14. The predicted octanol–water partition coefficient (Wildman–Crippen LogP) is 0.706. The molecule has 0 atom stereocenters. The second-order valence-electron chi connectivity index (χ2n) is 5.23. The maximum atomic E-state index is 12.1. The Morgan fingerprint density at radius 3 is 3.00 bits per heavy atom. The van der Waals surface area contributed by atoms with Gasteiger partial charge in [-0.05, 0) is 6.92 Å². The van der Waals surface area contributed by atoms with Gasteiger partial charge in [0.15, 0.2) is 5.69 Å². The second kappa shape index (κ2) is 5.88. The van der Waals surface area contributed by atoms with Crippen LogP contribution < -0.4 is 5.32 Å². The molecule has 8 heteroatoms. The molecule has 3 heterocycles. The number of hydrogen-bond donors (Lipinski definition) is 1. The van der Waals surface area contributed by atoms with Gasteiger partial charge in [-0.25, -0.2) is 4.98 Å². The highest BCUT2D eigenvalue weighted by atomic mass is 32.1. The summed E-state index contributed by atoms with van der Waals surface area (Å²) in [6, 6.07) is 1.56. The Bertz CT molecular complexity index is 721. The lowest BCUT2D eigenvalue weighted by Crippen LogP contribution is -2.37. The first-order chi connectivity index (χ1) is 10.6. The van der Waals surface area contributed by atoms with Crippen LogP contribution in [0.5, 0.6) is 0 Å². The van der Waals surface area contributed by atoms with E-state index in [0.29, 0.717) is 31.0 Å². The first-order valence-electron chi connectivity index (χ1n) is 7.06. The fourth-order valence-electron chi connectivity index (χ4n) is 2.36. The summed E-state index contributed by atoms with van der Waals surface area (Å²) in [4.78, 5) is 31.1. The van der Waals surface area contributed by atoms with E-state index in [-0.39, 0.29) is 11.8 Å². The number of rotatable bonds is 4. The minimum absolute atomic E-state index is 0.0990. The summed E-state index contributed by atoms with van der Waals surface area (Å²) in [5.74, 6) is -0.349. The summed E-state index contributed by atoms with van der Waals surface area (Å²) < 4.78 is 1.60. The average Bonchev–Trinajstić information content (AvgIpc) is 3.10. The summed E-state index contributed by atoms with van der Waals surface area (Å²) in [5, 5.41) is 7.06. The van der Waals surface area contributed by atoms with E-state index in [1.807, 2.05) is 6.92 Å². The summed E-state index contributed by atoms with van der Waals surface area (Å²) in [6.07, 6.45) is 0.747. The van der Waals surface area contributed by atoms with Gasteiger partial charge in [-0.3, -0.25) is 14.3 Å². The third kappa shape index (κ3) is 2.74. The van der Waals surface area contributed by atoms with E-state index < -0.39 is 0 Å². The van der Waals surface area contributed by atoms with Crippen LogP contribution in [0.2, 0.25) is 0 Å². The Morgan fingerprint density at radius 2 is 2.27 bits per heavy atom. The molecule has 0 bridgehead atoms. The molecule has 0 saturated carbocycles. The topological polar surface area (TPSA) is 80.1 Å². The molecule has 2 aromatic rings. The third-order valence-corrected chi connectivity index (χ3v) is 4.70. The van der Waals surface area contributed by atoms with Crippen molar-refractivity contribution < 1.29 is 9.59 Å². The summed E-state index contributed by atoms with van der Waals surface area (Å²) in [5.41, 5.74) is 3.57. The summed E-state index contributed by atoms with van der Waals surface area (Å²) >= 11 is 1.59. The van der Waals surface area contributed by atoms with Crippen molar-refractivity contribution in [2.24, 2.45) is 0 Å². The Balaban J connectivity index is 1.62. The molecule has 0 radical (unpaired) electrons. The van der Waals surface area contributed by atoms with Crippen LogP contribution in [-0.4, -0.2) is 51.6 Å². The fraction of sp³-hybridized carbons (Fsp3) is 0.429. The van der Waals surface area contributed by atoms with Gasteiger partial charge < -0.3 is 10.2 Å². The van der Waals surface area contributed by atoms with E-state index in [2.05, 4.69) is 15.4 Å². The molecule has 7 nitrogen and oxygen atoms in total. The molecule has 0 saturated heterocycles.